The summed E-state index contributed by atoms with van der Waals surface area (Å²) in [6, 6.07) is 16.9. The van der Waals surface area contributed by atoms with E-state index in [2.05, 4.69) is 35.3 Å². The molecule has 10 nitrogen and oxygen atoms in total. The van der Waals surface area contributed by atoms with Crippen molar-refractivity contribution in [1.82, 2.24) is 29.9 Å². The highest BCUT2D eigenvalue weighted by Gasteiger charge is 2.23. The molecule has 3 aromatic heterocycles. The lowest BCUT2D eigenvalue weighted by molar-refractivity contribution is 0.588. The predicted molar refractivity (Wildman–Crippen MR) is 146 cm³/mol. The largest absolute Gasteiger partial charge is 0.333 e. The lowest BCUT2D eigenvalue weighted by Gasteiger charge is -2.15. The van der Waals surface area contributed by atoms with Crippen molar-refractivity contribution in [1.29, 1.82) is 0 Å². The molecule has 0 atom stereocenters. The molecule has 0 amide bonds. The van der Waals surface area contributed by atoms with Crippen molar-refractivity contribution in [2.24, 2.45) is 0 Å². The Hall–Kier alpha value is -4.75. The van der Waals surface area contributed by atoms with Gasteiger partial charge in [-0.15, -0.1) is 5.10 Å². The maximum absolute atomic E-state index is 15.6. The molecule has 6 aromatic rings. The SMILES string of the molecule is Cc1c(Cl)cccc1S(=O)(=O)Nc1ccc(F)c(Nc2ncnc3ccc(-n4nnc5ccccc54)nc23)c1F. The molecule has 0 bridgehead atoms. The Balaban J connectivity index is 1.39. The molecule has 200 valence electrons. The van der Waals surface area contributed by atoms with Crippen LogP contribution in [0.15, 0.2) is 78.0 Å². The third-order valence-electron chi connectivity index (χ3n) is 6.12. The fourth-order valence-electron chi connectivity index (χ4n) is 4.12. The minimum Gasteiger partial charge on any atom is -0.333 e. The summed E-state index contributed by atoms with van der Waals surface area (Å²) in [6.07, 6.45) is 1.21. The quantitative estimate of drug-likeness (QED) is 0.264. The summed E-state index contributed by atoms with van der Waals surface area (Å²) in [7, 11) is -4.25. The van der Waals surface area contributed by atoms with E-state index in [4.69, 9.17) is 11.6 Å². The second kappa shape index (κ2) is 9.77. The number of pyridine rings is 1. The van der Waals surface area contributed by atoms with Crippen LogP contribution >= 0.6 is 11.6 Å². The zero-order chi connectivity index (χ0) is 28.0. The summed E-state index contributed by atoms with van der Waals surface area (Å²) in [6.45, 7) is 1.52. The van der Waals surface area contributed by atoms with E-state index in [1.54, 1.807) is 18.2 Å². The molecule has 0 unspecified atom stereocenters. The summed E-state index contributed by atoms with van der Waals surface area (Å²) in [4.78, 5) is 12.7. The van der Waals surface area contributed by atoms with Gasteiger partial charge in [0.1, 0.15) is 28.9 Å². The van der Waals surface area contributed by atoms with Crippen LogP contribution in [0.3, 0.4) is 0 Å². The van der Waals surface area contributed by atoms with Crippen LogP contribution in [0.5, 0.6) is 0 Å². The number of sulfonamides is 1. The number of benzene rings is 3. The number of anilines is 3. The molecule has 14 heteroatoms. The van der Waals surface area contributed by atoms with Crippen LogP contribution in [0.4, 0.5) is 26.0 Å². The van der Waals surface area contributed by atoms with E-state index in [0.29, 0.717) is 22.4 Å². The molecule has 0 aliphatic carbocycles. The molecule has 40 heavy (non-hydrogen) atoms. The van der Waals surface area contributed by atoms with Gasteiger partial charge in [-0.2, -0.15) is 4.68 Å². The minimum atomic E-state index is -4.25. The molecule has 0 fully saturated rings. The zero-order valence-corrected chi connectivity index (χ0v) is 22.0. The number of halogens is 3. The maximum atomic E-state index is 15.6. The molecule has 2 N–H and O–H groups in total. The van der Waals surface area contributed by atoms with E-state index in [0.717, 1.165) is 12.1 Å². The number of hydrogen-bond donors (Lipinski definition) is 2. The number of fused-ring (bicyclic) bond motifs is 2. The van der Waals surface area contributed by atoms with Gasteiger partial charge in [0.2, 0.25) is 0 Å². The predicted octanol–water partition coefficient (Wildman–Crippen LogP) is 5.54. The van der Waals surface area contributed by atoms with Crippen molar-refractivity contribution < 1.29 is 17.2 Å². The lowest BCUT2D eigenvalue weighted by Crippen LogP contribution is -2.16. The third-order valence-corrected chi connectivity index (χ3v) is 8.04. The van der Waals surface area contributed by atoms with Gasteiger partial charge < -0.3 is 5.32 Å². The molecule has 0 radical (unpaired) electrons. The molecular formula is C26H17ClF2N8O2S. The van der Waals surface area contributed by atoms with Gasteiger partial charge in [0, 0.05) is 5.02 Å². The third kappa shape index (κ3) is 4.44. The van der Waals surface area contributed by atoms with Gasteiger partial charge in [-0.1, -0.05) is 35.0 Å². The number of aromatic nitrogens is 6. The summed E-state index contributed by atoms with van der Waals surface area (Å²) in [5.41, 5.74) is 1.10. The van der Waals surface area contributed by atoms with Gasteiger partial charge in [-0.05, 0) is 61.0 Å². The fraction of sp³-hybridized carbons (Fsp3) is 0.0385. The van der Waals surface area contributed by atoms with Crippen LogP contribution < -0.4 is 10.0 Å². The first-order valence-electron chi connectivity index (χ1n) is 11.7. The van der Waals surface area contributed by atoms with Crippen molar-refractivity contribution in [3.05, 3.63) is 95.3 Å². The first-order chi connectivity index (χ1) is 19.2. The molecular weight excluding hydrogens is 562 g/mol. The normalized spacial score (nSPS) is 11.7. The number of hydrogen-bond acceptors (Lipinski definition) is 8. The van der Waals surface area contributed by atoms with Crippen LogP contribution in [-0.2, 0) is 10.0 Å². The van der Waals surface area contributed by atoms with Crippen molar-refractivity contribution >= 4 is 60.9 Å². The van der Waals surface area contributed by atoms with Crippen LogP contribution in [-0.4, -0.2) is 38.4 Å². The minimum absolute atomic E-state index is 0.0141. The van der Waals surface area contributed by atoms with E-state index in [-0.39, 0.29) is 26.8 Å². The van der Waals surface area contributed by atoms with Crippen molar-refractivity contribution in [2.45, 2.75) is 11.8 Å². The van der Waals surface area contributed by atoms with E-state index >= 15 is 4.39 Å². The lowest BCUT2D eigenvalue weighted by atomic mass is 10.2. The van der Waals surface area contributed by atoms with Crippen molar-refractivity contribution in [2.75, 3.05) is 10.0 Å². The average Bonchev–Trinajstić information content (AvgIpc) is 3.38. The maximum Gasteiger partial charge on any atom is 0.262 e. The van der Waals surface area contributed by atoms with Crippen molar-refractivity contribution in [3.8, 4) is 5.82 Å². The number of para-hydroxylation sites is 1. The molecule has 3 heterocycles. The van der Waals surface area contributed by atoms with Gasteiger partial charge in [0.05, 0.1) is 21.6 Å². The van der Waals surface area contributed by atoms with Crippen LogP contribution in [0.1, 0.15) is 5.56 Å². The second-order valence-corrected chi connectivity index (χ2v) is 10.7. The standard InChI is InChI=1S/C26H17ClF2N8O2S/c1-14-15(27)5-4-8-21(14)40(38,39)35-18-10-9-16(28)24(23(18)29)33-26-25-19(30-13-31-26)11-12-22(32-25)37-20-7-3-2-6-17(20)34-36-37/h2-13,35H,1H3,(H,30,31,33). The Bertz CT molecular complexity index is 2050. The monoisotopic (exact) mass is 578 g/mol. The summed E-state index contributed by atoms with van der Waals surface area (Å²) < 4.78 is 60.2. The summed E-state index contributed by atoms with van der Waals surface area (Å²) >= 11 is 6.06. The number of rotatable bonds is 6. The van der Waals surface area contributed by atoms with Crippen LogP contribution in [0.2, 0.25) is 5.02 Å². The molecule has 6 rings (SSSR count). The Kier molecular flexibility index (Phi) is 6.24. The zero-order valence-electron chi connectivity index (χ0n) is 20.5. The highest BCUT2D eigenvalue weighted by Crippen LogP contribution is 2.32. The Morgan fingerprint density at radius 2 is 1.75 bits per heavy atom. The van der Waals surface area contributed by atoms with Crippen molar-refractivity contribution in [3.63, 3.8) is 0 Å². The molecule has 0 spiro atoms. The van der Waals surface area contributed by atoms with Gasteiger partial charge >= 0.3 is 0 Å². The van der Waals surface area contributed by atoms with E-state index in [1.165, 1.54) is 36.1 Å². The smallest absolute Gasteiger partial charge is 0.262 e. The Morgan fingerprint density at radius 1 is 0.925 bits per heavy atom. The molecule has 0 saturated heterocycles. The first-order valence-corrected chi connectivity index (χ1v) is 13.5. The Labute approximate surface area is 230 Å². The molecule has 0 aliphatic heterocycles. The highest BCUT2D eigenvalue weighted by molar-refractivity contribution is 7.92. The highest BCUT2D eigenvalue weighted by atomic mass is 35.5. The van der Waals surface area contributed by atoms with Gasteiger partial charge in [0.15, 0.2) is 17.5 Å². The summed E-state index contributed by atoms with van der Waals surface area (Å²) in [5, 5.41) is 11.1. The van der Waals surface area contributed by atoms with E-state index in [9.17, 15) is 12.8 Å². The number of nitrogens with zero attached hydrogens (tertiary/aromatic N) is 6. The topological polar surface area (TPSA) is 128 Å². The number of nitrogens with one attached hydrogen (secondary N) is 2. The van der Waals surface area contributed by atoms with Crippen LogP contribution in [0, 0.1) is 18.6 Å². The molecule has 0 saturated carbocycles. The molecule has 0 aliphatic rings. The van der Waals surface area contributed by atoms with Gasteiger partial charge in [-0.25, -0.2) is 32.2 Å². The second-order valence-electron chi connectivity index (χ2n) is 8.63. The van der Waals surface area contributed by atoms with Gasteiger partial charge in [0.25, 0.3) is 10.0 Å². The fourth-order valence-corrected chi connectivity index (χ4v) is 5.68. The van der Waals surface area contributed by atoms with Gasteiger partial charge in [-0.3, -0.25) is 4.72 Å². The first kappa shape index (κ1) is 25.5. The Morgan fingerprint density at radius 3 is 2.60 bits per heavy atom. The van der Waals surface area contributed by atoms with Crippen LogP contribution in [0.25, 0.3) is 27.9 Å². The average molecular weight is 579 g/mol. The van der Waals surface area contributed by atoms with E-state index in [1.807, 2.05) is 18.2 Å². The van der Waals surface area contributed by atoms with E-state index < -0.39 is 33.0 Å². The molecule has 3 aromatic carbocycles. The summed E-state index contributed by atoms with van der Waals surface area (Å²) in [5.74, 6) is -1.81.